The normalized spacial score (nSPS) is 22.9. The summed E-state index contributed by atoms with van der Waals surface area (Å²) in [5.41, 5.74) is 0.555. The maximum absolute atomic E-state index is 12.3. The van der Waals surface area contributed by atoms with Crippen LogP contribution >= 0.6 is 0 Å². The first-order chi connectivity index (χ1) is 9.13. The molecule has 1 aromatic heterocycles. The molecule has 0 spiro atoms. The van der Waals surface area contributed by atoms with Crippen LogP contribution in [0.25, 0.3) is 0 Å². The molecule has 0 saturated heterocycles. The van der Waals surface area contributed by atoms with Crippen molar-refractivity contribution in [3.63, 3.8) is 0 Å². The van der Waals surface area contributed by atoms with Gasteiger partial charge in [0.1, 0.15) is 5.82 Å². The molecule has 1 aliphatic carbocycles. The van der Waals surface area contributed by atoms with Gasteiger partial charge in [-0.3, -0.25) is 4.79 Å². The molecule has 1 fully saturated rings. The summed E-state index contributed by atoms with van der Waals surface area (Å²) in [6.45, 7) is 0. The van der Waals surface area contributed by atoms with Gasteiger partial charge in [-0.15, -0.1) is 0 Å². The Kier molecular flexibility index (Phi) is 4.37. The van der Waals surface area contributed by atoms with Gasteiger partial charge in [0.2, 0.25) is 0 Å². The number of nitrogens with zero attached hydrogens (tertiary/aromatic N) is 2. The van der Waals surface area contributed by atoms with Crippen LogP contribution in [0.15, 0.2) is 18.3 Å². The number of pyridine rings is 1. The molecule has 2 rings (SSSR count). The summed E-state index contributed by atoms with van der Waals surface area (Å²) in [5, 5.41) is 12.9. The second-order valence-electron chi connectivity index (χ2n) is 5.02. The number of aliphatic hydroxyl groups is 1. The molecule has 0 bridgehead atoms. The van der Waals surface area contributed by atoms with Crippen molar-refractivity contribution in [3.8, 4) is 0 Å². The quantitative estimate of drug-likeness (QED) is 0.867. The molecule has 0 aliphatic heterocycles. The van der Waals surface area contributed by atoms with E-state index < -0.39 is 6.10 Å². The van der Waals surface area contributed by atoms with E-state index in [-0.39, 0.29) is 11.9 Å². The third kappa shape index (κ3) is 3.04. The maximum atomic E-state index is 12.3. The van der Waals surface area contributed by atoms with E-state index >= 15 is 0 Å². The predicted octanol–water partition coefficient (Wildman–Crippen LogP) is 1.50. The molecule has 2 unspecified atom stereocenters. The first kappa shape index (κ1) is 13.8. The van der Waals surface area contributed by atoms with E-state index in [9.17, 15) is 9.90 Å². The fraction of sp³-hybridized carbons (Fsp3) is 0.571. The van der Waals surface area contributed by atoms with Gasteiger partial charge in [-0.1, -0.05) is 12.8 Å². The zero-order valence-electron chi connectivity index (χ0n) is 11.5. The van der Waals surface area contributed by atoms with Gasteiger partial charge < -0.3 is 15.3 Å². The van der Waals surface area contributed by atoms with Crippen LogP contribution < -0.4 is 5.32 Å². The Hall–Kier alpha value is -1.62. The van der Waals surface area contributed by atoms with Gasteiger partial charge in [0.05, 0.1) is 17.7 Å². The lowest BCUT2D eigenvalue weighted by molar-refractivity contribution is 0.0268. The highest BCUT2D eigenvalue weighted by atomic mass is 16.3. The smallest absolute Gasteiger partial charge is 0.255 e. The van der Waals surface area contributed by atoms with Crippen molar-refractivity contribution in [2.45, 2.75) is 37.8 Å². The van der Waals surface area contributed by atoms with E-state index in [1.165, 1.54) is 0 Å². The summed E-state index contributed by atoms with van der Waals surface area (Å²) >= 11 is 0. The lowest BCUT2D eigenvalue weighted by Crippen LogP contribution is -2.46. The summed E-state index contributed by atoms with van der Waals surface area (Å²) in [6, 6.07) is 3.45. The standard InChI is InChI=1S/C14H21N3O2/c1-15-13-8-7-10(9-16-13)14(19)17(2)11-5-3-4-6-12(11)18/h7-9,11-12,18H,3-6H2,1-2H3,(H,15,16). The number of carbonyl (C=O) groups is 1. The Labute approximate surface area is 113 Å². The molecule has 2 N–H and O–H groups in total. The van der Waals surface area contributed by atoms with Crippen molar-refractivity contribution < 1.29 is 9.90 Å². The number of amides is 1. The van der Waals surface area contributed by atoms with Crippen LogP contribution in [0.2, 0.25) is 0 Å². The second kappa shape index (κ2) is 6.02. The van der Waals surface area contributed by atoms with Crippen LogP contribution in [0, 0.1) is 0 Å². The highest BCUT2D eigenvalue weighted by molar-refractivity contribution is 5.94. The zero-order valence-corrected chi connectivity index (χ0v) is 11.5. The third-order valence-corrected chi connectivity index (χ3v) is 3.78. The van der Waals surface area contributed by atoms with Crippen LogP contribution in [0.5, 0.6) is 0 Å². The summed E-state index contributed by atoms with van der Waals surface area (Å²) < 4.78 is 0. The van der Waals surface area contributed by atoms with Crippen molar-refractivity contribution in [1.82, 2.24) is 9.88 Å². The molecule has 1 heterocycles. The van der Waals surface area contributed by atoms with Crippen LogP contribution in [0.1, 0.15) is 36.0 Å². The highest BCUT2D eigenvalue weighted by Crippen LogP contribution is 2.23. The minimum absolute atomic E-state index is 0.0785. The average Bonchev–Trinajstić information content (AvgIpc) is 2.46. The van der Waals surface area contributed by atoms with Crippen molar-refractivity contribution >= 4 is 11.7 Å². The first-order valence-corrected chi connectivity index (χ1v) is 6.72. The van der Waals surface area contributed by atoms with Gasteiger partial charge in [0, 0.05) is 20.3 Å². The van der Waals surface area contributed by atoms with Crippen LogP contribution in [0.3, 0.4) is 0 Å². The highest BCUT2D eigenvalue weighted by Gasteiger charge is 2.29. The summed E-state index contributed by atoms with van der Waals surface area (Å²) in [6.07, 6.45) is 4.91. The lowest BCUT2D eigenvalue weighted by Gasteiger charge is -2.35. The fourth-order valence-electron chi connectivity index (χ4n) is 2.57. The largest absolute Gasteiger partial charge is 0.391 e. The number of anilines is 1. The SMILES string of the molecule is CNc1ccc(C(=O)N(C)C2CCCCC2O)cn1. The zero-order chi connectivity index (χ0) is 13.8. The number of hydrogen-bond acceptors (Lipinski definition) is 4. The predicted molar refractivity (Wildman–Crippen MR) is 74.1 cm³/mol. The van der Waals surface area contributed by atoms with E-state index in [1.54, 1.807) is 37.3 Å². The second-order valence-corrected chi connectivity index (χ2v) is 5.02. The van der Waals surface area contributed by atoms with E-state index in [4.69, 9.17) is 0 Å². The third-order valence-electron chi connectivity index (χ3n) is 3.78. The van der Waals surface area contributed by atoms with Gasteiger partial charge in [-0.05, 0) is 25.0 Å². The van der Waals surface area contributed by atoms with Crippen molar-refractivity contribution in [2.75, 3.05) is 19.4 Å². The number of hydrogen-bond donors (Lipinski definition) is 2. The number of aromatic nitrogens is 1. The van der Waals surface area contributed by atoms with Crippen molar-refractivity contribution in [3.05, 3.63) is 23.9 Å². The number of aliphatic hydroxyl groups excluding tert-OH is 1. The maximum Gasteiger partial charge on any atom is 0.255 e. The van der Waals surface area contributed by atoms with Gasteiger partial charge in [0.25, 0.3) is 5.91 Å². The van der Waals surface area contributed by atoms with E-state index in [0.717, 1.165) is 31.5 Å². The molecule has 104 valence electrons. The first-order valence-electron chi connectivity index (χ1n) is 6.72. The molecule has 5 nitrogen and oxygen atoms in total. The van der Waals surface area contributed by atoms with Crippen molar-refractivity contribution in [2.24, 2.45) is 0 Å². The molecule has 1 aromatic rings. The Bertz CT molecular complexity index is 433. The van der Waals surface area contributed by atoms with Crippen LogP contribution in [-0.4, -0.2) is 47.1 Å². The van der Waals surface area contributed by atoms with E-state index in [2.05, 4.69) is 10.3 Å². The summed E-state index contributed by atoms with van der Waals surface area (Å²) in [4.78, 5) is 18.1. The number of nitrogens with one attached hydrogen (secondary N) is 1. The average molecular weight is 263 g/mol. The number of carbonyl (C=O) groups excluding carboxylic acids is 1. The monoisotopic (exact) mass is 263 g/mol. The van der Waals surface area contributed by atoms with Gasteiger partial charge >= 0.3 is 0 Å². The van der Waals surface area contributed by atoms with Gasteiger partial charge in [-0.2, -0.15) is 0 Å². The van der Waals surface area contributed by atoms with E-state index in [0.29, 0.717) is 5.56 Å². The molecule has 1 saturated carbocycles. The molecular formula is C14H21N3O2. The van der Waals surface area contributed by atoms with E-state index in [1.807, 2.05) is 0 Å². The minimum atomic E-state index is -0.410. The van der Waals surface area contributed by atoms with Crippen LogP contribution in [-0.2, 0) is 0 Å². The Balaban J connectivity index is 2.08. The Morgan fingerprint density at radius 3 is 2.74 bits per heavy atom. The fourth-order valence-corrected chi connectivity index (χ4v) is 2.57. The lowest BCUT2D eigenvalue weighted by atomic mass is 9.91. The van der Waals surface area contributed by atoms with Gasteiger partial charge in [0.15, 0.2) is 0 Å². The summed E-state index contributed by atoms with van der Waals surface area (Å²) in [5.74, 6) is 0.651. The topological polar surface area (TPSA) is 65.5 Å². The molecule has 1 amide bonds. The summed E-state index contributed by atoms with van der Waals surface area (Å²) in [7, 11) is 3.54. The molecule has 1 aliphatic rings. The molecule has 0 aromatic carbocycles. The number of likely N-dealkylation sites (N-methyl/N-ethyl adjacent to an activating group) is 1. The Morgan fingerprint density at radius 1 is 1.42 bits per heavy atom. The molecule has 0 radical (unpaired) electrons. The molecule has 19 heavy (non-hydrogen) atoms. The molecule has 2 atom stereocenters. The van der Waals surface area contributed by atoms with Gasteiger partial charge in [-0.25, -0.2) is 4.98 Å². The molecule has 5 heteroatoms. The Morgan fingerprint density at radius 2 is 2.16 bits per heavy atom. The number of rotatable bonds is 3. The minimum Gasteiger partial charge on any atom is -0.391 e. The van der Waals surface area contributed by atoms with Crippen molar-refractivity contribution in [1.29, 1.82) is 0 Å². The molecular weight excluding hydrogens is 242 g/mol. The van der Waals surface area contributed by atoms with Crippen LogP contribution in [0.4, 0.5) is 5.82 Å².